The van der Waals surface area contributed by atoms with Crippen LogP contribution in [0.2, 0.25) is 0 Å². The minimum Gasteiger partial charge on any atom is -0.444 e. The molecule has 1 heterocycles. The van der Waals surface area contributed by atoms with E-state index in [1.165, 1.54) is 4.57 Å². The molecule has 0 spiro atoms. The molecule has 2 aromatic carbocycles. The highest BCUT2D eigenvalue weighted by Crippen LogP contribution is 2.34. The second kappa shape index (κ2) is 8.61. The van der Waals surface area contributed by atoms with Crippen molar-refractivity contribution in [1.82, 2.24) is 4.57 Å². The van der Waals surface area contributed by atoms with E-state index in [0.717, 1.165) is 18.2 Å². The number of nitrogens with one attached hydrogen (secondary N) is 2. The lowest BCUT2D eigenvalue weighted by molar-refractivity contribution is -0.137. The third-order valence-corrected chi connectivity index (χ3v) is 4.63. The van der Waals surface area contributed by atoms with Gasteiger partial charge in [-0.05, 0) is 45.0 Å². The molecule has 10 heteroatoms. The maximum absolute atomic E-state index is 13.3. The molecule has 3 rings (SSSR count). The maximum Gasteiger partial charge on any atom is 0.416 e. The third kappa shape index (κ3) is 5.51. The van der Waals surface area contributed by atoms with Gasteiger partial charge in [-0.3, -0.25) is 14.9 Å². The monoisotopic (exact) mass is 461 g/mol. The minimum atomic E-state index is -4.68. The average molecular weight is 461 g/mol. The van der Waals surface area contributed by atoms with Crippen molar-refractivity contribution in [3.8, 4) is 0 Å². The van der Waals surface area contributed by atoms with Gasteiger partial charge in [-0.15, -0.1) is 0 Å². The first kappa shape index (κ1) is 23.8. The van der Waals surface area contributed by atoms with Gasteiger partial charge in [0, 0.05) is 18.5 Å². The maximum atomic E-state index is 13.3. The predicted octanol–water partition coefficient (Wildman–Crippen LogP) is 5.16. The van der Waals surface area contributed by atoms with Crippen LogP contribution in [0.3, 0.4) is 0 Å². The third-order valence-electron chi connectivity index (χ3n) is 4.63. The number of hydrogen-bond acceptors (Lipinski definition) is 4. The Bertz CT molecular complexity index is 1290. The molecule has 0 saturated heterocycles. The smallest absolute Gasteiger partial charge is 0.416 e. The Kier molecular flexibility index (Phi) is 6.22. The van der Waals surface area contributed by atoms with Gasteiger partial charge in [0.05, 0.1) is 28.0 Å². The summed E-state index contributed by atoms with van der Waals surface area (Å²) < 4.78 is 46.3. The van der Waals surface area contributed by atoms with Crippen molar-refractivity contribution < 1.29 is 27.5 Å². The van der Waals surface area contributed by atoms with Crippen LogP contribution < -0.4 is 16.2 Å². The molecule has 1 aromatic heterocycles. The van der Waals surface area contributed by atoms with E-state index in [4.69, 9.17) is 4.74 Å². The second-order valence-electron chi connectivity index (χ2n) is 8.31. The molecule has 0 aliphatic rings. The quantitative estimate of drug-likeness (QED) is 0.564. The molecule has 0 unspecified atom stereocenters. The summed E-state index contributed by atoms with van der Waals surface area (Å²) in [5.41, 5.74) is -2.27. The van der Waals surface area contributed by atoms with Crippen LogP contribution in [0.15, 0.2) is 53.3 Å². The summed E-state index contributed by atoms with van der Waals surface area (Å²) in [5.74, 6) is -0.810. The van der Waals surface area contributed by atoms with E-state index in [9.17, 15) is 27.6 Å². The van der Waals surface area contributed by atoms with E-state index in [2.05, 4.69) is 10.6 Å². The van der Waals surface area contributed by atoms with Crippen molar-refractivity contribution in [3.63, 3.8) is 0 Å². The zero-order valence-corrected chi connectivity index (χ0v) is 18.3. The molecule has 0 fully saturated rings. The van der Waals surface area contributed by atoms with Gasteiger partial charge in [0.25, 0.3) is 11.5 Å². The van der Waals surface area contributed by atoms with E-state index in [1.54, 1.807) is 52.1 Å². The minimum absolute atomic E-state index is 0.0191. The van der Waals surface area contributed by atoms with E-state index < -0.39 is 34.9 Å². The molecule has 0 radical (unpaired) electrons. The number of halogens is 3. The Hall–Kier alpha value is -3.82. The molecule has 0 atom stereocenters. The zero-order chi connectivity index (χ0) is 24.6. The number of para-hydroxylation sites is 1. The fourth-order valence-electron chi connectivity index (χ4n) is 3.13. The second-order valence-corrected chi connectivity index (χ2v) is 8.31. The van der Waals surface area contributed by atoms with Crippen molar-refractivity contribution in [2.75, 3.05) is 10.6 Å². The number of alkyl halides is 3. The van der Waals surface area contributed by atoms with Crippen LogP contribution in [0.5, 0.6) is 0 Å². The number of carbonyl (C=O) groups excluding carboxylic acids is 2. The van der Waals surface area contributed by atoms with E-state index in [-0.39, 0.29) is 16.9 Å². The summed E-state index contributed by atoms with van der Waals surface area (Å²) in [5, 5.41) is 5.18. The number of rotatable bonds is 3. The van der Waals surface area contributed by atoms with Gasteiger partial charge in [-0.25, -0.2) is 4.79 Å². The van der Waals surface area contributed by atoms with Crippen molar-refractivity contribution in [2.45, 2.75) is 32.5 Å². The van der Waals surface area contributed by atoms with Crippen LogP contribution in [0, 0.1) is 0 Å². The topological polar surface area (TPSA) is 89.4 Å². The Morgan fingerprint density at radius 1 is 0.939 bits per heavy atom. The van der Waals surface area contributed by atoms with Crippen molar-refractivity contribution >= 4 is 34.3 Å². The summed E-state index contributed by atoms with van der Waals surface area (Å²) in [6.07, 6.45) is -5.59. The summed E-state index contributed by atoms with van der Waals surface area (Å²) in [4.78, 5) is 37.5. The molecule has 0 saturated carbocycles. The van der Waals surface area contributed by atoms with Crippen LogP contribution >= 0.6 is 0 Å². The highest BCUT2D eigenvalue weighted by Gasteiger charge is 2.31. The molecular formula is C23H22F3N3O4. The summed E-state index contributed by atoms with van der Waals surface area (Å²) in [6.45, 7) is 4.88. The normalized spacial score (nSPS) is 11.8. The summed E-state index contributed by atoms with van der Waals surface area (Å²) >= 11 is 0. The van der Waals surface area contributed by atoms with Gasteiger partial charge in [-0.2, -0.15) is 13.2 Å². The molecule has 2 N–H and O–H groups in total. The van der Waals surface area contributed by atoms with Crippen LogP contribution in [0.1, 0.15) is 36.7 Å². The highest BCUT2D eigenvalue weighted by molar-refractivity contribution is 6.13. The standard InChI is InChI=1S/C23H22F3N3O4/c1-22(2,3)33-21(32)28-16-10-9-13(23(24,25)26)11-17(16)27-20(31)15-12-19(30)29(4)18-8-6-5-7-14(15)18/h5-12H,1-4H3,(H,27,31)(H,28,32). The highest BCUT2D eigenvalue weighted by atomic mass is 19.4. The number of aromatic nitrogens is 1. The van der Waals surface area contributed by atoms with Crippen molar-refractivity contribution in [3.05, 3.63) is 70.0 Å². The zero-order valence-electron chi connectivity index (χ0n) is 18.3. The van der Waals surface area contributed by atoms with Crippen LogP contribution in [0.25, 0.3) is 10.9 Å². The Balaban J connectivity index is 2.04. The molecule has 33 heavy (non-hydrogen) atoms. The molecule has 174 valence electrons. The van der Waals surface area contributed by atoms with E-state index in [0.29, 0.717) is 17.0 Å². The number of aryl methyl sites for hydroxylation is 1. The van der Waals surface area contributed by atoms with Crippen molar-refractivity contribution in [1.29, 1.82) is 0 Å². The number of pyridine rings is 1. The number of fused-ring (bicyclic) bond motifs is 1. The number of carbonyl (C=O) groups is 2. The number of ether oxygens (including phenoxy) is 1. The largest absolute Gasteiger partial charge is 0.444 e. The first-order valence-corrected chi connectivity index (χ1v) is 9.87. The molecule has 3 aromatic rings. The lowest BCUT2D eigenvalue weighted by Gasteiger charge is -2.21. The van der Waals surface area contributed by atoms with Crippen LogP contribution in [0.4, 0.5) is 29.3 Å². The van der Waals surface area contributed by atoms with E-state index >= 15 is 0 Å². The average Bonchev–Trinajstić information content (AvgIpc) is 2.69. The Labute approximate surface area is 187 Å². The predicted molar refractivity (Wildman–Crippen MR) is 118 cm³/mol. The van der Waals surface area contributed by atoms with Gasteiger partial charge in [0.15, 0.2) is 0 Å². The van der Waals surface area contributed by atoms with E-state index in [1.807, 2.05) is 0 Å². The lowest BCUT2D eigenvalue weighted by atomic mass is 10.1. The van der Waals surface area contributed by atoms with Crippen LogP contribution in [-0.4, -0.2) is 22.2 Å². The fraction of sp³-hybridized carbons (Fsp3) is 0.261. The first-order valence-electron chi connectivity index (χ1n) is 9.87. The Morgan fingerprint density at radius 3 is 2.24 bits per heavy atom. The summed E-state index contributed by atoms with van der Waals surface area (Å²) in [7, 11) is 1.54. The van der Waals surface area contributed by atoms with Gasteiger partial charge in [0.2, 0.25) is 0 Å². The summed E-state index contributed by atoms with van der Waals surface area (Å²) in [6, 6.07) is 10.2. The molecule has 0 aliphatic carbocycles. The molecule has 2 amide bonds. The Morgan fingerprint density at radius 2 is 1.61 bits per heavy atom. The molecule has 0 bridgehead atoms. The molecule has 7 nitrogen and oxygen atoms in total. The number of benzene rings is 2. The van der Waals surface area contributed by atoms with Gasteiger partial charge in [-0.1, -0.05) is 18.2 Å². The number of amides is 2. The first-order chi connectivity index (χ1) is 15.3. The molecular weight excluding hydrogens is 439 g/mol. The van der Waals surface area contributed by atoms with Crippen LogP contribution in [-0.2, 0) is 18.0 Å². The van der Waals surface area contributed by atoms with Gasteiger partial charge >= 0.3 is 12.3 Å². The number of anilines is 2. The SMILES string of the molecule is Cn1c(=O)cc(C(=O)Nc2cc(C(F)(F)F)ccc2NC(=O)OC(C)(C)C)c2ccccc21. The van der Waals surface area contributed by atoms with Crippen molar-refractivity contribution in [2.24, 2.45) is 7.05 Å². The lowest BCUT2D eigenvalue weighted by Crippen LogP contribution is -2.28. The number of hydrogen-bond donors (Lipinski definition) is 2. The number of nitrogens with zero attached hydrogens (tertiary/aromatic N) is 1. The van der Waals surface area contributed by atoms with Gasteiger partial charge in [0.1, 0.15) is 5.60 Å². The fourth-order valence-corrected chi connectivity index (χ4v) is 3.13. The molecule has 0 aliphatic heterocycles. The van der Waals surface area contributed by atoms with Gasteiger partial charge < -0.3 is 14.6 Å².